The minimum Gasteiger partial charge on any atom is -0.493 e. The molecule has 0 atom stereocenters. The lowest BCUT2D eigenvalue weighted by atomic mass is 10.2. The van der Waals surface area contributed by atoms with E-state index in [1.54, 1.807) is 32.4 Å². The molecule has 0 bridgehead atoms. The maximum atomic E-state index is 11.9. The Labute approximate surface area is 145 Å². The first-order chi connectivity index (χ1) is 11.6. The Morgan fingerprint density at radius 3 is 2.79 bits per heavy atom. The summed E-state index contributed by atoms with van der Waals surface area (Å²) in [5.74, 6) is 1.72. The molecule has 2 rings (SSSR count). The molecule has 1 amide bonds. The van der Waals surface area contributed by atoms with Crippen LogP contribution in [0.1, 0.15) is 18.3 Å². The summed E-state index contributed by atoms with van der Waals surface area (Å²) in [7, 11) is 3.14. The lowest BCUT2D eigenvalue weighted by Gasteiger charge is -2.07. The van der Waals surface area contributed by atoms with Crippen LogP contribution in [0.3, 0.4) is 0 Å². The molecule has 0 saturated heterocycles. The molecule has 7 nitrogen and oxygen atoms in total. The predicted molar refractivity (Wildman–Crippen MR) is 93.5 cm³/mol. The number of nitrogens with zero attached hydrogens (tertiary/aromatic N) is 2. The van der Waals surface area contributed by atoms with Gasteiger partial charge in [-0.1, -0.05) is 6.07 Å². The Balaban J connectivity index is 1.99. The van der Waals surface area contributed by atoms with Crippen molar-refractivity contribution in [3.05, 3.63) is 40.4 Å². The van der Waals surface area contributed by atoms with E-state index in [9.17, 15) is 4.79 Å². The summed E-state index contributed by atoms with van der Waals surface area (Å²) >= 11 is 5.11. The Kier molecular flexibility index (Phi) is 6.14. The van der Waals surface area contributed by atoms with E-state index < -0.39 is 0 Å². The van der Waals surface area contributed by atoms with Crippen molar-refractivity contribution in [2.75, 3.05) is 14.2 Å². The number of carbonyl (C=O) groups excluding carboxylic acids is 1. The van der Waals surface area contributed by atoms with E-state index in [1.165, 1.54) is 6.08 Å². The third-order valence-corrected chi connectivity index (χ3v) is 3.72. The van der Waals surface area contributed by atoms with Crippen LogP contribution in [0.25, 0.3) is 6.08 Å². The summed E-state index contributed by atoms with van der Waals surface area (Å²) in [5, 5.41) is 9.59. The van der Waals surface area contributed by atoms with Crippen molar-refractivity contribution in [1.82, 2.24) is 20.1 Å². The molecule has 0 aliphatic rings. The van der Waals surface area contributed by atoms with Crippen molar-refractivity contribution in [3.8, 4) is 11.5 Å². The number of methoxy groups -OCH3 is 2. The maximum absolute atomic E-state index is 11.9. The molecule has 2 aromatic rings. The summed E-state index contributed by atoms with van der Waals surface area (Å²) in [6, 6.07) is 5.42. The molecule has 0 unspecified atom stereocenters. The number of rotatable bonds is 7. The minimum atomic E-state index is -0.221. The van der Waals surface area contributed by atoms with Gasteiger partial charge in [-0.25, -0.2) is 0 Å². The van der Waals surface area contributed by atoms with Crippen LogP contribution < -0.4 is 14.8 Å². The Hall–Kier alpha value is -2.61. The summed E-state index contributed by atoms with van der Waals surface area (Å²) < 4.78 is 12.8. The van der Waals surface area contributed by atoms with Gasteiger partial charge in [-0.05, 0) is 42.9 Å². The fourth-order valence-corrected chi connectivity index (χ4v) is 2.44. The highest BCUT2D eigenvalue weighted by molar-refractivity contribution is 7.71. The van der Waals surface area contributed by atoms with Gasteiger partial charge in [0.1, 0.15) is 0 Å². The molecule has 24 heavy (non-hydrogen) atoms. The molecule has 0 radical (unpaired) electrons. The van der Waals surface area contributed by atoms with Gasteiger partial charge >= 0.3 is 0 Å². The molecule has 0 aliphatic carbocycles. The van der Waals surface area contributed by atoms with E-state index in [-0.39, 0.29) is 5.91 Å². The molecule has 1 aromatic heterocycles. The smallest absolute Gasteiger partial charge is 0.244 e. The van der Waals surface area contributed by atoms with Gasteiger partial charge in [0.05, 0.1) is 20.8 Å². The van der Waals surface area contributed by atoms with Crippen LogP contribution in [-0.4, -0.2) is 34.9 Å². The number of aromatic amines is 1. The number of ether oxygens (including phenoxy) is 2. The van der Waals surface area contributed by atoms with Crippen LogP contribution in [-0.2, 0) is 17.9 Å². The highest BCUT2D eigenvalue weighted by atomic mass is 32.1. The number of benzene rings is 1. The number of carbonyl (C=O) groups is 1. The molecule has 1 aromatic carbocycles. The van der Waals surface area contributed by atoms with Gasteiger partial charge < -0.3 is 19.4 Å². The summed E-state index contributed by atoms with van der Waals surface area (Å²) in [4.78, 5) is 11.9. The van der Waals surface area contributed by atoms with Gasteiger partial charge in [-0.15, -0.1) is 0 Å². The lowest BCUT2D eigenvalue weighted by molar-refractivity contribution is -0.116. The number of hydrogen-bond donors (Lipinski definition) is 2. The molecule has 2 N–H and O–H groups in total. The average molecular weight is 348 g/mol. The molecule has 0 fully saturated rings. The predicted octanol–water partition coefficient (Wildman–Crippen LogP) is 2.31. The van der Waals surface area contributed by atoms with Crippen molar-refractivity contribution < 1.29 is 14.3 Å². The van der Waals surface area contributed by atoms with Crippen molar-refractivity contribution in [3.63, 3.8) is 0 Å². The van der Waals surface area contributed by atoms with Gasteiger partial charge in [0.2, 0.25) is 5.91 Å². The summed E-state index contributed by atoms with van der Waals surface area (Å²) in [6.07, 6.45) is 3.16. The first kappa shape index (κ1) is 17.7. The van der Waals surface area contributed by atoms with Crippen molar-refractivity contribution >= 4 is 24.2 Å². The van der Waals surface area contributed by atoms with E-state index in [0.29, 0.717) is 35.2 Å². The van der Waals surface area contributed by atoms with Gasteiger partial charge in [-0.3, -0.25) is 9.89 Å². The third-order valence-electron chi connectivity index (χ3n) is 3.41. The average Bonchev–Trinajstić information content (AvgIpc) is 2.97. The Morgan fingerprint density at radius 2 is 2.12 bits per heavy atom. The monoisotopic (exact) mass is 348 g/mol. The van der Waals surface area contributed by atoms with Crippen molar-refractivity contribution in [2.24, 2.45) is 0 Å². The zero-order valence-electron chi connectivity index (χ0n) is 13.8. The van der Waals surface area contributed by atoms with E-state index in [2.05, 4.69) is 15.5 Å². The number of amides is 1. The van der Waals surface area contributed by atoms with Gasteiger partial charge in [0.15, 0.2) is 22.1 Å². The Bertz CT molecular complexity index is 795. The van der Waals surface area contributed by atoms with E-state index >= 15 is 0 Å². The topological polar surface area (TPSA) is 81.2 Å². The van der Waals surface area contributed by atoms with Crippen LogP contribution >= 0.6 is 12.2 Å². The van der Waals surface area contributed by atoms with Crippen LogP contribution in [0.2, 0.25) is 0 Å². The summed E-state index contributed by atoms with van der Waals surface area (Å²) in [5.41, 5.74) is 0.832. The highest BCUT2D eigenvalue weighted by Crippen LogP contribution is 2.27. The number of nitrogens with one attached hydrogen (secondary N) is 2. The standard InChI is InChI=1S/C16H20N4O3S/c1-4-20-14(18-19-16(20)24)10-17-15(21)8-6-11-5-7-12(22-2)13(9-11)23-3/h5-9H,4,10H2,1-3H3,(H,17,21)(H,19,24)/b8-6+. The maximum Gasteiger partial charge on any atom is 0.244 e. The highest BCUT2D eigenvalue weighted by Gasteiger charge is 2.06. The first-order valence-electron chi connectivity index (χ1n) is 7.41. The van der Waals surface area contributed by atoms with Crippen LogP contribution in [0.4, 0.5) is 0 Å². The molecule has 0 aliphatic heterocycles. The van der Waals surface area contributed by atoms with E-state index in [1.807, 2.05) is 17.6 Å². The quantitative estimate of drug-likeness (QED) is 0.593. The van der Waals surface area contributed by atoms with Crippen molar-refractivity contribution in [2.45, 2.75) is 20.0 Å². The third kappa shape index (κ3) is 4.23. The normalized spacial score (nSPS) is 10.8. The minimum absolute atomic E-state index is 0.221. The Morgan fingerprint density at radius 1 is 1.38 bits per heavy atom. The molecule has 0 spiro atoms. The van der Waals surface area contributed by atoms with E-state index in [4.69, 9.17) is 21.7 Å². The number of hydrogen-bond acceptors (Lipinski definition) is 5. The van der Waals surface area contributed by atoms with Crippen LogP contribution in [0, 0.1) is 4.77 Å². The van der Waals surface area contributed by atoms with Crippen LogP contribution in [0.15, 0.2) is 24.3 Å². The second-order valence-corrected chi connectivity index (χ2v) is 5.24. The number of aromatic nitrogens is 3. The summed E-state index contributed by atoms with van der Waals surface area (Å²) in [6.45, 7) is 2.96. The molecule has 128 valence electrons. The second-order valence-electron chi connectivity index (χ2n) is 4.85. The molecular formula is C16H20N4O3S. The van der Waals surface area contributed by atoms with Gasteiger partial charge in [0.25, 0.3) is 0 Å². The first-order valence-corrected chi connectivity index (χ1v) is 7.81. The zero-order valence-corrected chi connectivity index (χ0v) is 14.6. The largest absolute Gasteiger partial charge is 0.493 e. The molecule has 0 saturated carbocycles. The second kappa shape index (κ2) is 8.30. The number of H-pyrrole nitrogens is 1. The fourth-order valence-electron chi connectivity index (χ4n) is 2.16. The molecule has 8 heteroatoms. The van der Waals surface area contributed by atoms with Crippen LogP contribution in [0.5, 0.6) is 11.5 Å². The molecular weight excluding hydrogens is 328 g/mol. The fraction of sp³-hybridized carbons (Fsp3) is 0.312. The zero-order chi connectivity index (χ0) is 17.5. The SMILES string of the molecule is CCn1c(CNC(=O)/C=C/c2ccc(OC)c(OC)c2)n[nH]c1=S. The van der Waals surface area contributed by atoms with Crippen molar-refractivity contribution in [1.29, 1.82) is 0 Å². The molecule has 1 heterocycles. The van der Waals surface area contributed by atoms with Gasteiger partial charge in [0, 0.05) is 12.6 Å². The lowest BCUT2D eigenvalue weighted by Crippen LogP contribution is -2.22. The van der Waals surface area contributed by atoms with E-state index in [0.717, 1.165) is 5.56 Å². The van der Waals surface area contributed by atoms with Gasteiger partial charge in [-0.2, -0.15) is 5.10 Å².